The van der Waals surface area contributed by atoms with Crippen LogP contribution < -0.4 is 11.1 Å². The van der Waals surface area contributed by atoms with E-state index >= 15 is 0 Å². The van der Waals surface area contributed by atoms with E-state index in [1.165, 1.54) is 10.7 Å². The Bertz CT molecular complexity index is 959. The summed E-state index contributed by atoms with van der Waals surface area (Å²) in [5.41, 5.74) is 4.58. The number of nitrogens with two attached hydrogens (primary N) is 1. The molecule has 1 saturated carbocycles. The molecule has 0 aliphatic heterocycles. The van der Waals surface area contributed by atoms with Gasteiger partial charge in [-0.1, -0.05) is 0 Å². The molecular weight excluding hydrogens is 437 g/mol. The van der Waals surface area contributed by atoms with Crippen molar-refractivity contribution in [1.29, 1.82) is 0 Å². The summed E-state index contributed by atoms with van der Waals surface area (Å²) in [4.78, 5) is 16.7. The van der Waals surface area contributed by atoms with Crippen molar-refractivity contribution in [3.8, 4) is 0 Å². The van der Waals surface area contributed by atoms with Crippen LogP contribution in [-0.2, 0) is 4.74 Å². The predicted molar refractivity (Wildman–Crippen MR) is 105 cm³/mol. The Morgan fingerprint density at radius 2 is 1.91 bits per heavy atom. The van der Waals surface area contributed by atoms with Gasteiger partial charge >= 0.3 is 12.3 Å². The maximum Gasteiger partial charge on any atom is 0.408 e. The fourth-order valence-corrected chi connectivity index (χ4v) is 3.68. The molecule has 12 heteroatoms. The van der Waals surface area contributed by atoms with Crippen LogP contribution in [0.25, 0.3) is 5.65 Å². The van der Waals surface area contributed by atoms with Crippen molar-refractivity contribution in [2.45, 2.75) is 76.2 Å². The number of hydrogen-bond acceptors (Lipinski definition) is 5. The lowest BCUT2D eigenvalue weighted by Crippen LogP contribution is -2.40. The van der Waals surface area contributed by atoms with Gasteiger partial charge in [-0.15, -0.1) is 0 Å². The number of imidazole rings is 1. The number of rotatable bonds is 4. The summed E-state index contributed by atoms with van der Waals surface area (Å²) in [5.74, 6) is -3.13. The number of hydrogen-bond donors (Lipinski definition) is 2. The van der Waals surface area contributed by atoms with Crippen LogP contribution in [0, 0.1) is 5.92 Å². The molecule has 1 aliphatic rings. The predicted octanol–water partition coefficient (Wildman–Crippen LogP) is 4.68. The molecule has 2 aromatic heterocycles. The zero-order chi connectivity index (χ0) is 23.9. The fourth-order valence-electron chi connectivity index (χ4n) is 3.68. The minimum absolute atomic E-state index is 0.0920. The number of amides is 1. The molecule has 1 aliphatic carbocycles. The molecule has 0 spiro atoms. The van der Waals surface area contributed by atoms with E-state index < -0.39 is 35.9 Å². The van der Waals surface area contributed by atoms with Crippen LogP contribution in [-0.4, -0.2) is 38.4 Å². The second kappa shape index (κ2) is 8.45. The van der Waals surface area contributed by atoms with Crippen molar-refractivity contribution in [3.05, 3.63) is 29.7 Å². The van der Waals surface area contributed by atoms with Crippen molar-refractivity contribution in [3.63, 3.8) is 0 Å². The Labute approximate surface area is 181 Å². The Hall–Kier alpha value is -2.50. The molecular formula is C20H26F5N5O2. The van der Waals surface area contributed by atoms with Gasteiger partial charge in [0, 0.05) is 18.4 Å². The number of alkyl halides is 5. The molecule has 2 atom stereocenters. The number of ether oxygens (including phenoxy) is 1. The van der Waals surface area contributed by atoms with Crippen molar-refractivity contribution >= 4 is 11.7 Å². The van der Waals surface area contributed by atoms with E-state index in [4.69, 9.17) is 10.5 Å². The van der Waals surface area contributed by atoms with E-state index in [0.717, 1.165) is 12.3 Å². The molecule has 2 heterocycles. The van der Waals surface area contributed by atoms with Gasteiger partial charge in [-0.05, 0) is 45.6 Å². The second-order valence-corrected chi connectivity index (χ2v) is 9.09. The van der Waals surface area contributed by atoms with Gasteiger partial charge < -0.3 is 15.8 Å². The van der Waals surface area contributed by atoms with Gasteiger partial charge in [0.1, 0.15) is 11.6 Å². The molecule has 2 aromatic rings. The van der Waals surface area contributed by atoms with Crippen molar-refractivity contribution in [1.82, 2.24) is 19.9 Å². The number of halogens is 5. The quantitative estimate of drug-likeness (QED) is 0.642. The highest BCUT2D eigenvalue weighted by Gasteiger charge is 2.40. The number of carbonyl (C=O) groups is 1. The summed E-state index contributed by atoms with van der Waals surface area (Å²) in [6.45, 7) is 5.05. The standard InChI is InChI=1S/C20H26F5N5O2/c1-18(2,3)32-17(31)29-15(11-4-6-19(21,22)7-5-11)13-10-30-14(28-13)8-12(9-27-30)16(26)20(23,24)25/h8-11,15-16H,4-7,26H2,1-3H3,(H,29,31)/t15-,16?/m0/s1. The highest BCUT2D eigenvalue weighted by molar-refractivity contribution is 5.68. The van der Waals surface area contributed by atoms with Crippen LogP contribution in [0.2, 0.25) is 0 Å². The van der Waals surface area contributed by atoms with Gasteiger partial charge in [0.05, 0.1) is 24.1 Å². The van der Waals surface area contributed by atoms with Crippen LogP contribution in [0.15, 0.2) is 18.5 Å². The van der Waals surface area contributed by atoms with E-state index in [-0.39, 0.29) is 48.5 Å². The minimum atomic E-state index is -4.65. The molecule has 0 aromatic carbocycles. The average molecular weight is 463 g/mol. The van der Waals surface area contributed by atoms with Crippen LogP contribution in [0.5, 0.6) is 0 Å². The van der Waals surface area contributed by atoms with Gasteiger partial charge in [-0.25, -0.2) is 23.1 Å². The summed E-state index contributed by atoms with van der Waals surface area (Å²) < 4.78 is 72.7. The maximum absolute atomic E-state index is 13.7. The Kier molecular flexibility index (Phi) is 6.38. The van der Waals surface area contributed by atoms with Crippen molar-refractivity contribution in [2.75, 3.05) is 0 Å². The monoisotopic (exact) mass is 463 g/mol. The van der Waals surface area contributed by atoms with Crippen LogP contribution in [0.3, 0.4) is 0 Å². The molecule has 178 valence electrons. The first-order valence-corrected chi connectivity index (χ1v) is 10.2. The van der Waals surface area contributed by atoms with Crippen LogP contribution in [0.4, 0.5) is 26.7 Å². The third-order valence-corrected chi connectivity index (χ3v) is 5.30. The number of nitrogens with one attached hydrogen (secondary N) is 1. The van der Waals surface area contributed by atoms with Crippen molar-refractivity contribution in [2.24, 2.45) is 11.7 Å². The lowest BCUT2D eigenvalue weighted by Gasteiger charge is -2.33. The summed E-state index contributed by atoms with van der Waals surface area (Å²) in [7, 11) is 0. The molecule has 7 nitrogen and oxygen atoms in total. The van der Waals surface area contributed by atoms with Gasteiger partial charge in [0.25, 0.3) is 0 Å². The number of fused-ring (bicyclic) bond motifs is 1. The van der Waals surface area contributed by atoms with E-state index in [1.54, 1.807) is 20.8 Å². The molecule has 0 saturated heterocycles. The average Bonchev–Trinajstić information content (AvgIpc) is 3.06. The summed E-state index contributed by atoms with van der Waals surface area (Å²) in [5, 5.41) is 6.63. The lowest BCUT2D eigenvalue weighted by molar-refractivity contribution is -0.149. The van der Waals surface area contributed by atoms with E-state index in [2.05, 4.69) is 15.4 Å². The van der Waals surface area contributed by atoms with E-state index in [1.807, 2.05) is 0 Å². The van der Waals surface area contributed by atoms with Gasteiger partial charge in [-0.2, -0.15) is 18.3 Å². The molecule has 1 amide bonds. The number of aromatic nitrogens is 3. The summed E-state index contributed by atoms with van der Waals surface area (Å²) in [6.07, 6.45) is -3.34. The third-order valence-electron chi connectivity index (χ3n) is 5.30. The van der Waals surface area contributed by atoms with E-state index in [0.29, 0.717) is 0 Å². The number of carbonyl (C=O) groups excluding carboxylic acids is 1. The Morgan fingerprint density at radius 1 is 1.28 bits per heavy atom. The Morgan fingerprint density at radius 3 is 2.47 bits per heavy atom. The largest absolute Gasteiger partial charge is 0.444 e. The SMILES string of the molecule is CC(C)(C)OC(=O)N[C@H](c1cn2ncc(C(N)C(F)(F)F)cc2n1)C1CCC(F)(F)CC1. The lowest BCUT2D eigenvalue weighted by atomic mass is 9.81. The van der Waals surface area contributed by atoms with Crippen LogP contribution >= 0.6 is 0 Å². The molecule has 1 fully saturated rings. The number of nitrogens with zero attached hydrogens (tertiary/aromatic N) is 3. The third kappa shape index (κ3) is 5.84. The minimum Gasteiger partial charge on any atom is -0.444 e. The van der Waals surface area contributed by atoms with Crippen molar-refractivity contribution < 1.29 is 31.5 Å². The summed E-state index contributed by atoms with van der Waals surface area (Å²) >= 11 is 0. The molecule has 32 heavy (non-hydrogen) atoms. The topological polar surface area (TPSA) is 94.5 Å². The smallest absolute Gasteiger partial charge is 0.408 e. The first-order chi connectivity index (χ1) is 14.6. The Balaban J connectivity index is 1.91. The molecule has 3 rings (SSSR count). The van der Waals surface area contributed by atoms with Gasteiger partial charge in [0.15, 0.2) is 5.65 Å². The van der Waals surface area contributed by atoms with Gasteiger partial charge in [0.2, 0.25) is 5.92 Å². The molecule has 0 radical (unpaired) electrons. The highest BCUT2D eigenvalue weighted by atomic mass is 19.4. The van der Waals surface area contributed by atoms with Gasteiger partial charge in [-0.3, -0.25) is 0 Å². The van der Waals surface area contributed by atoms with E-state index in [9.17, 15) is 26.7 Å². The number of alkyl carbamates (subject to hydrolysis) is 1. The summed E-state index contributed by atoms with van der Waals surface area (Å²) in [6, 6.07) is -1.84. The normalized spacial score (nSPS) is 19.5. The second-order valence-electron chi connectivity index (χ2n) is 9.09. The highest BCUT2D eigenvalue weighted by Crippen LogP contribution is 2.41. The van der Waals surface area contributed by atoms with Crippen LogP contribution in [0.1, 0.15) is 69.8 Å². The molecule has 3 N–H and O–H groups in total. The fraction of sp³-hybridized carbons (Fsp3) is 0.650. The maximum atomic E-state index is 13.7. The molecule has 0 bridgehead atoms. The zero-order valence-corrected chi connectivity index (χ0v) is 17.9. The first-order valence-electron chi connectivity index (χ1n) is 10.2. The first kappa shape index (κ1) is 24.1. The zero-order valence-electron chi connectivity index (χ0n) is 17.9. The molecule has 1 unspecified atom stereocenters.